The third-order valence-electron chi connectivity index (χ3n) is 4.77. The first kappa shape index (κ1) is 20.0. The third-order valence-corrected chi connectivity index (χ3v) is 5.00. The van der Waals surface area contributed by atoms with Crippen LogP contribution in [0.4, 0.5) is 11.8 Å². The Bertz CT molecular complexity index is 1090. The van der Waals surface area contributed by atoms with Gasteiger partial charge in [-0.1, -0.05) is 17.7 Å². The molecule has 0 saturated heterocycles. The van der Waals surface area contributed by atoms with Gasteiger partial charge in [0.05, 0.1) is 5.52 Å². The first-order chi connectivity index (χ1) is 14.5. The van der Waals surface area contributed by atoms with Crippen LogP contribution in [-0.2, 0) is 11.3 Å². The van der Waals surface area contributed by atoms with E-state index in [0.717, 1.165) is 28.0 Å². The summed E-state index contributed by atoms with van der Waals surface area (Å²) in [5.41, 5.74) is 1.77. The van der Waals surface area contributed by atoms with E-state index in [2.05, 4.69) is 15.3 Å². The molecule has 4 rings (SSSR count). The molecule has 0 unspecified atom stereocenters. The number of hydrogen-bond donors (Lipinski definition) is 2. The van der Waals surface area contributed by atoms with Gasteiger partial charge in [-0.2, -0.15) is 4.98 Å². The molecule has 0 atom stereocenters. The Morgan fingerprint density at radius 1 is 1.20 bits per heavy atom. The molecule has 0 bridgehead atoms. The Balaban J connectivity index is 1.58. The second-order valence-corrected chi connectivity index (χ2v) is 7.43. The first-order valence-electron chi connectivity index (χ1n) is 9.52. The molecule has 2 N–H and O–H groups in total. The summed E-state index contributed by atoms with van der Waals surface area (Å²) in [5.74, 6) is 1.82. The van der Waals surface area contributed by atoms with E-state index in [4.69, 9.17) is 26.2 Å². The SMILES string of the molecule is CN(CCCC(=O)O)c1nc(NCc2ccc3c(c2)OCO3)c2cc(Cl)ccc2n1. The number of carboxylic acids is 1. The maximum atomic E-state index is 10.8. The van der Waals surface area contributed by atoms with Crippen molar-refractivity contribution in [3.63, 3.8) is 0 Å². The van der Waals surface area contributed by atoms with Crippen LogP contribution in [0.25, 0.3) is 10.9 Å². The summed E-state index contributed by atoms with van der Waals surface area (Å²) in [7, 11) is 1.85. The van der Waals surface area contributed by atoms with Crippen molar-refractivity contribution in [3.8, 4) is 11.5 Å². The zero-order chi connectivity index (χ0) is 21.1. The minimum atomic E-state index is -0.816. The second-order valence-electron chi connectivity index (χ2n) is 6.99. The maximum absolute atomic E-state index is 10.8. The Morgan fingerprint density at radius 2 is 2.03 bits per heavy atom. The minimum Gasteiger partial charge on any atom is -0.481 e. The molecule has 2 heterocycles. The van der Waals surface area contributed by atoms with E-state index in [1.807, 2.05) is 42.3 Å². The fourth-order valence-corrected chi connectivity index (χ4v) is 3.37. The monoisotopic (exact) mass is 428 g/mol. The van der Waals surface area contributed by atoms with Crippen molar-refractivity contribution in [3.05, 3.63) is 47.0 Å². The van der Waals surface area contributed by atoms with Gasteiger partial charge in [-0.15, -0.1) is 0 Å². The number of carbonyl (C=O) groups is 1. The molecule has 0 aliphatic carbocycles. The molecule has 30 heavy (non-hydrogen) atoms. The molecule has 0 saturated carbocycles. The topological polar surface area (TPSA) is 96.8 Å². The molecule has 0 spiro atoms. The second kappa shape index (κ2) is 8.62. The summed E-state index contributed by atoms with van der Waals surface area (Å²) in [5, 5.41) is 13.6. The summed E-state index contributed by atoms with van der Waals surface area (Å²) in [6, 6.07) is 11.2. The molecule has 9 heteroatoms. The number of anilines is 2. The largest absolute Gasteiger partial charge is 0.481 e. The summed E-state index contributed by atoms with van der Waals surface area (Å²) < 4.78 is 10.8. The van der Waals surface area contributed by atoms with Crippen LogP contribution in [0.3, 0.4) is 0 Å². The third kappa shape index (κ3) is 4.49. The van der Waals surface area contributed by atoms with Gasteiger partial charge in [0.15, 0.2) is 11.5 Å². The van der Waals surface area contributed by atoms with Gasteiger partial charge in [0.2, 0.25) is 12.7 Å². The summed E-state index contributed by atoms with van der Waals surface area (Å²) in [6.07, 6.45) is 0.608. The molecular weight excluding hydrogens is 408 g/mol. The van der Waals surface area contributed by atoms with Crippen LogP contribution >= 0.6 is 11.6 Å². The highest BCUT2D eigenvalue weighted by Gasteiger charge is 2.15. The van der Waals surface area contributed by atoms with E-state index in [1.54, 1.807) is 6.07 Å². The number of halogens is 1. The molecule has 156 valence electrons. The van der Waals surface area contributed by atoms with E-state index < -0.39 is 5.97 Å². The number of nitrogens with one attached hydrogen (secondary N) is 1. The number of rotatable bonds is 8. The van der Waals surface area contributed by atoms with Crippen LogP contribution in [0.2, 0.25) is 5.02 Å². The Hall–Kier alpha value is -3.26. The van der Waals surface area contributed by atoms with E-state index >= 15 is 0 Å². The number of hydrogen-bond acceptors (Lipinski definition) is 7. The van der Waals surface area contributed by atoms with Crippen molar-refractivity contribution in [1.29, 1.82) is 0 Å². The van der Waals surface area contributed by atoms with E-state index in [9.17, 15) is 4.79 Å². The van der Waals surface area contributed by atoms with Crippen molar-refractivity contribution in [1.82, 2.24) is 9.97 Å². The minimum absolute atomic E-state index is 0.1000. The Morgan fingerprint density at radius 3 is 2.87 bits per heavy atom. The van der Waals surface area contributed by atoms with Crippen molar-refractivity contribution in [2.75, 3.05) is 30.6 Å². The average Bonchev–Trinajstić information content (AvgIpc) is 3.19. The number of fused-ring (bicyclic) bond motifs is 2. The highest BCUT2D eigenvalue weighted by Crippen LogP contribution is 2.33. The summed E-state index contributed by atoms with van der Waals surface area (Å²) >= 11 is 6.19. The smallest absolute Gasteiger partial charge is 0.303 e. The van der Waals surface area contributed by atoms with Gasteiger partial charge < -0.3 is 24.8 Å². The lowest BCUT2D eigenvalue weighted by Gasteiger charge is -2.19. The summed E-state index contributed by atoms with van der Waals surface area (Å²) in [4.78, 5) is 21.9. The number of aliphatic carboxylic acids is 1. The molecule has 3 aromatic rings. The van der Waals surface area contributed by atoms with Gasteiger partial charge in [0, 0.05) is 37.0 Å². The molecular formula is C21H21ClN4O4. The molecule has 1 aromatic heterocycles. The van der Waals surface area contributed by atoms with Gasteiger partial charge in [-0.05, 0) is 42.3 Å². The van der Waals surface area contributed by atoms with Crippen LogP contribution in [0, 0.1) is 0 Å². The van der Waals surface area contributed by atoms with Crippen LogP contribution in [-0.4, -0.2) is 41.4 Å². The molecule has 1 aliphatic heterocycles. The fraction of sp³-hybridized carbons (Fsp3) is 0.286. The van der Waals surface area contributed by atoms with E-state index in [-0.39, 0.29) is 13.2 Å². The molecule has 0 radical (unpaired) electrons. The normalized spacial score (nSPS) is 12.2. The Kier molecular flexibility index (Phi) is 5.76. The van der Waals surface area contributed by atoms with Crippen LogP contribution < -0.4 is 19.7 Å². The highest BCUT2D eigenvalue weighted by molar-refractivity contribution is 6.31. The van der Waals surface area contributed by atoms with Gasteiger partial charge in [-0.3, -0.25) is 4.79 Å². The number of aromatic nitrogens is 2. The molecule has 1 aliphatic rings. The quantitative estimate of drug-likeness (QED) is 0.557. The lowest BCUT2D eigenvalue weighted by atomic mass is 10.2. The fourth-order valence-electron chi connectivity index (χ4n) is 3.20. The Labute approximate surface area is 178 Å². The lowest BCUT2D eigenvalue weighted by Crippen LogP contribution is -2.22. The maximum Gasteiger partial charge on any atom is 0.303 e. The van der Waals surface area contributed by atoms with Crippen LogP contribution in [0.15, 0.2) is 36.4 Å². The highest BCUT2D eigenvalue weighted by atomic mass is 35.5. The van der Waals surface area contributed by atoms with Crippen molar-refractivity contribution >= 4 is 40.2 Å². The predicted octanol–water partition coefficient (Wildman–Crippen LogP) is 3.93. The standard InChI is InChI=1S/C21H21ClN4O4/c1-26(8-2-3-19(27)28)21-24-16-6-5-14(22)10-15(16)20(25-21)23-11-13-4-7-17-18(9-13)30-12-29-17/h4-7,9-10H,2-3,8,11-12H2,1H3,(H,27,28)(H,23,24,25). The number of ether oxygens (including phenoxy) is 2. The van der Waals surface area contributed by atoms with Crippen molar-refractivity contribution in [2.45, 2.75) is 19.4 Å². The number of carboxylic acid groups (broad SMARTS) is 1. The summed E-state index contributed by atoms with van der Waals surface area (Å²) in [6.45, 7) is 1.29. The van der Waals surface area contributed by atoms with Crippen LogP contribution in [0.1, 0.15) is 18.4 Å². The van der Waals surface area contributed by atoms with Crippen molar-refractivity contribution in [2.24, 2.45) is 0 Å². The average molecular weight is 429 g/mol. The van der Waals surface area contributed by atoms with E-state index in [1.165, 1.54) is 0 Å². The molecule has 0 amide bonds. The first-order valence-corrected chi connectivity index (χ1v) is 9.90. The zero-order valence-electron chi connectivity index (χ0n) is 16.4. The molecule has 0 fully saturated rings. The predicted molar refractivity (Wildman–Crippen MR) is 115 cm³/mol. The van der Waals surface area contributed by atoms with Gasteiger partial charge in [0.25, 0.3) is 0 Å². The molecule has 8 nitrogen and oxygen atoms in total. The number of nitrogens with zero attached hydrogens (tertiary/aromatic N) is 3. The van der Waals surface area contributed by atoms with Gasteiger partial charge in [-0.25, -0.2) is 4.98 Å². The van der Waals surface area contributed by atoms with Gasteiger partial charge >= 0.3 is 5.97 Å². The number of benzene rings is 2. The lowest BCUT2D eigenvalue weighted by molar-refractivity contribution is -0.137. The van der Waals surface area contributed by atoms with E-state index in [0.29, 0.717) is 36.3 Å². The van der Waals surface area contributed by atoms with Gasteiger partial charge in [0.1, 0.15) is 5.82 Å². The van der Waals surface area contributed by atoms with Crippen molar-refractivity contribution < 1.29 is 19.4 Å². The molecule has 2 aromatic carbocycles. The van der Waals surface area contributed by atoms with Crippen LogP contribution in [0.5, 0.6) is 11.5 Å². The zero-order valence-corrected chi connectivity index (χ0v) is 17.1.